The van der Waals surface area contributed by atoms with Gasteiger partial charge in [0.1, 0.15) is 73.1 Å². The fourth-order valence-electron chi connectivity index (χ4n) is 13.0. The van der Waals surface area contributed by atoms with Crippen LogP contribution in [0.25, 0.3) is 0 Å². The lowest BCUT2D eigenvalue weighted by Crippen LogP contribution is -2.64. The van der Waals surface area contributed by atoms with Crippen LogP contribution in [0.3, 0.4) is 0 Å². The monoisotopic (exact) mass is 1340 g/mol. The molecule has 12 amide bonds. The SMILES string of the molecule is C/C=C/C[C@@H](C)[C@@H](O)[C@H]1C(=O)N[C@@H](CC)C(=O)N(C)[C@H](C)C(=O)N(C)[C@@H]([C@@H](C)CN2CCN3C(=O)OC[C@@H]3C2)C(=O)N[C@@H](C(C)C)C(=O)N(C)[C@@H](CC(C)C)C(=O)N[C@@H](C)C(=O)N[C@H](C)C(=O)N(C)[C@@H](CC(C)C)C(=O)N(C)[C@@H](CC(C)C)C(=O)N(C)[C@@H](C(C)C)C(=O)N1C. The number of amides is 12. The van der Waals surface area contributed by atoms with E-state index in [1.54, 1.807) is 72.4 Å². The Morgan fingerprint density at radius 3 is 1.51 bits per heavy atom. The molecule has 3 rings (SSSR count). The number of carbonyl (C=O) groups is 12. The van der Waals surface area contributed by atoms with Gasteiger partial charge in [-0.3, -0.25) is 62.5 Å². The number of piperazine rings is 1. The number of allylic oxidation sites excluding steroid dienone is 2. The van der Waals surface area contributed by atoms with Crippen LogP contribution in [-0.4, -0.2) is 281 Å². The summed E-state index contributed by atoms with van der Waals surface area (Å²) in [5.41, 5.74) is 0. The molecule has 3 aliphatic rings. The van der Waals surface area contributed by atoms with Crippen molar-refractivity contribution in [3.63, 3.8) is 0 Å². The Kier molecular flexibility index (Phi) is 31.6. The van der Waals surface area contributed by atoms with Gasteiger partial charge in [0, 0.05) is 75.5 Å². The van der Waals surface area contributed by atoms with Gasteiger partial charge in [-0.2, -0.15) is 0 Å². The van der Waals surface area contributed by atoms with E-state index < -0.39 is 167 Å². The van der Waals surface area contributed by atoms with Gasteiger partial charge in [0.25, 0.3) is 0 Å². The number of aliphatic hydroxyl groups is 1. The van der Waals surface area contributed by atoms with Crippen molar-refractivity contribution in [3.05, 3.63) is 12.2 Å². The second kappa shape index (κ2) is 36.4. The average molecular weight is 1340 g/mol. The van der Waals surface area contributed by atoms with Gasteiger partial charge in [-0.1, -0.05) is 102 Å². The second-order valence-corrected chi connectivity index (χ2v) is 28.9. The third-order valence-corrected chi connectivity index (χ3v) is 19.1. The molecule has 0 aromatic heterocycles. The quantitative estimate of drug-likeness (QED) is 0.139. The van der Waals surface area contributed by atoms with Crippen molar-refractivity contribution in [3.8, 4) is 0 Å². The molecule has 0 bridgehead atoms. The molecule has 15 atom stereocenters. The molecular formula is C68H119N13O14. The van der Waals surface area contributed by atoms with Crippen molar-refractivity contribution in [1.82, 2.24) is 65.4 Å². The fraction of sp³-hybridized carbons (Fsp3) is 0.794. The Morgan fingerprint density at radius 1 is 0.505 bits per heavy atom. The number of carbonyl (C=O) groups excluding carboxylic acids is 12. The predicted molar refractivity (Wildman–Crippen MR) is 361 cm³/mol. The number of hydrogen-bond acceptors (Lipinski definition) is 15. The normalized spacial score (nSPS) is 28.9. The molecule has 0 unspecified atom stereocenters. The number of aliphatic hydroxyl groups excluding tert-OH is 1. The summed E-state index contributed by atoms with van der Waals surface area (Å²) >= 11 is 0. The molecule has 0 aliphatic carbocycles. The number of cyclic esters (lactones) is 1. The highest BCUT2D eigenvalue weighted by molar-refractivity contribution is 6.00. The lowest BCUT2D eigenvalue weighted by atomic mass is 9.91. The van der Waals surface area contributed by atoms with E-state index in [9.17, 15) is 33.9 Å². The smallest absolute Gasteiger partial charge is 0.410 e. The van der Waals surface area contributed by atoms with Gasteiger partial charge in [-0.25, -0.2) is 4.79 Å². The molecule has 0 radical (unpaired) electrons. The van der Waals surface area contributed by atoms with E-state index in [2.05, 4.69) is 26.2 Å². The number of likely N-dealkylation sites (N-methyl/N-ethyl adjacent to an activating group) is 7. The van der Waals surface area contributed by atoms with Crippen LogP contribution in [-0.2, 0) is 57.5 Å². The summed E-state index contributed by atoms with van der Waals surface area (Å²) in [6.07, 6.45) is 2.31. The molecule has 0 aromatic carbocycles. The van der Waals surface area contributed by atoms with E-state index in [4.69, 9.17) is 4.74 Å². The summed E-state index contributed by atoms with van der Waals surface area (Å²) in [7, 11) is 9.91. The van der Waals surface area contributed by atoms with Crippen LogP contribution in [0.5, 0.6) is 0 Å². The molecule has 0 spiro atoms. The Labute approximate surface area is 565 Å². The molecule has 95 heavy (non-hydrogen) atoms. The van der Waals surface area contributed by atoms with E-state index in [1.807, 2.05) is 41.5 Å². The van der Waals surface area contributed by atoms with Crippen LogP contribution >= 0.6 is 0 Å². The van der Waals surface area contributed by atoms with Gasteiger partial charge in [0.2, 0.25) is 65.0 Å². The summed E-state index contributed by atoms with van der Waals surface area (Å²) in [5.74, 6) is -10.7. The van der Waals surface area contributed by atoms with E-state index >= 15 is 28.8 Å². The van der Waals surface area contributed by atoms with Crippen molar-refractivity contribution < 1.29 is 67.4 Å². The molecule has 540 valence electrons. The van der Waals surface area contributed by atoms with Gasteiger partial charge >= 0.3 is 6.09 Å². The van der Waals surface area contributed by atoms with Crippen LogP contribution in [0.4, 0.5) is 4.79 Å². The van der Waals surface area contributed by atoms with E-state index in [0.717, 1.165) is 9.80 Å². The Bertz CT molecular complexity index is 2730. The minimum atomic E-state index is -1.65. The van der Waals surface area contributed by atoms with Crippen molar-refractivity contribution in [2.45, 2.75) is 228 Å². The zero-order chi connectivity index (χ0) is 72.7. The molecule has 5 N–H and O–H groups in total. The standard InChI is InChI=1S/C68H119N13O14/c1-25-27-28-42(13)56(82)55-60(86)71-48(26-2)63(89)73(18)46(17)62(88)78(23)54(43(14)34-80-29-30-81-47(35-80)36-95-68(81)94)59(85)72-52(40(9)10)66(92)74(19)49(31-37(3)4)58(84)69-44(15)57(83)70-45(16)61(87)75(20)50(32-38(5)6)64(90)76(21)51(33-39(7)8)65(91)77(22)53(41(11)12)67(93)79(55)24/h25,27,37-56,82H,26,28-36H2,1-24H3,(H,69,84)(H,70,83)(H,71,86)(H,72,85)/b27-25+/t42-,43+,44+,45-,46-,47+,48+,49+,50+,51+,52+,53+,54+,55+,56-/m1/s1. The highest BCUT2D eigenvalue weighted by Crippen LogP contribution is 2.27. The van der Waals surface area contributed by atoms with Gasteiger partial charge in [-0.05, 0) is 101 Å². The molecule has 0 aromatic rings. The molecule has 3 fully saturated rings. The highest BCUT2D eigenvalue weighted by Gasteiger charge is 2.47. The number of ether oxygens (including phenoxy) is 1. The minimum Gasteiger partial charge on any atom is -0.447 e. The zero-order valence-corrected chi connectivity index (χ0v) is 61.6. The van der Waals surface area contributed by atoms with Crippen molar-refractivity contribution in [1.29, 1.82) is 0 Å². The first kappa shape index (κ1) is 82.3. The maximum atomic E-state index is 15.3. The first-order valence-corrected chi connectivity index (χ1v) is 34.1. The van der Waals surface area contributed by atoms with E-state index in [-0.39, 0.29) is 69.1 Å². The molecule has 3 saturated heterocycles. The number of hydrogen-bond donors (Lipinski definition) is 5. The van der Waals surface area contributed by atoms with Crippen LogP contribution in [0.1, 0.15) is 150 Å². The maximum absolute atomic E-state index is 15.3. The molecule has 3 heterocycles. The fourth-order valence-corrected chi connectivity index (χ4v) is 13.0. The average Bonchev–Trinajstić information content (AvgIpc) is 1.33. The molecule has 3 aliphatic heterocycles. The third kappa shape index (κ3) is 21.1. The minimum absolute atomic E-state index is 0.0175. The van der Waals surface area contributed by atoms with E-state index in [1.165, 1.54) is 94.6 Å². The van der Waals surface area contributed by atoms with Crippen LogP contribution in [0.15, 0.2) is 12.2 Å². The number of fused-ring (bicyclic) bond motifs is 1. The van der Waals surface area contributed by atoms with Crippen LogP contribution in [0.2, 0.25) is 0 Å². The largest absolute Gasteiger partial charge is 0.447 e. The Balaban J connectivity index is 2.35. The van der Waals surface area contributed by atoms with Crippen molar-refractivity contribution >= 4 is 71.1 Å². The number of nitrogens with zero attached hydrogens (tertiary/aromatic N) is 9. The van der Waals surface area contributed by atoms with Gasteiger partial charge in [0.15, 0.2) is 0 Å². The highest BCUT2D eigenvalue weighted by atomic mass is 16.6. The summed E-state index contributed by atoms with van der Waals surface area (Å²) in [5, 5.41) is 23.4. The maximum Gasteiger partial charge on any atom is 0.410 e. The summed E-state index contributed by atoms with van der Waals surface area (Å²) in [6, 6.07) is -14.4. The van der Waals surface area contributed by atoms with Crippen LogP contribution < -0.4 is 21.3 Å². The Hall–Kier alpha value is -6.90. The second-order valence-electron chi connectivity index (χ2n) is 28.9. The number of rotatable bonds is 16. The Morgan fingerprint density at radius 2 is 0.989 bits per heavy atom. The summed E-state index contributed by atoms with van der Waals surface area (Å²) in [4.78, 5) is 188. The molecule has 27 nitrogen and oxygen atoms in total. The van der Waals surface area contributed by atoms with Crippen molar-refractivity contribution in [2.75, 3.05) is 82.1 Å². The lowest BCUT2D eigenvalue weighted by molar-refractivity contribution is -0.157. The van der Waals surface area contributed by atoms with E-state index in [0.29, 0.717) is 19.6 Å². The topological polar surface area (TPSA) is 312 Å². The molecular weight excluding hydrogens is 1220 g/mol. The predicted octanol–water partition coefficient (Wildman–Crippen LogP) is 2.38. The van der Waals surface area contributed by atoms with Crippen LogP contribution in [0, 0.1) is 41.4 Å². The lowest BCUT2D eigenvalue weighted by Gasteiger charge is -2.42. The first-order chi connectivity index (χ1) is 44.1. The molecule has 27 heteroatoms. The molecule has 0 saturated carbocycles. The number of nitrogens with one attached hydrogen (secondary N) is 4. The summed E-state index contributed by atoms with van der Waals surface area (Å²) in [6.45, 7) is 30.9. The van der Waals surface area contributed by atoms with Gasteiger partial charge in [0.05, 0.1) is 12.1 Å². The first-order valence-electron chi connectivity index (χ1n) is 34.1. The summed E-state index contributed by atoms with van der Waals surface area (Å²) < 4.78 is 5.32. The zero-order valence-electron chi connectivity index (χ0n) is 61.6. The van der Waals surface area contributed by atoms with Gasteiger partial charge in [-0.15, -0.1) is 0 Å². The third-order valence-electron chi connectivity index (χ3n) is 19.1. The van der Waals surface area contributed by atoms with Gasteiger partial charge < -0.3 is 65.4 Å². The van der Waals surface area contributed by atoms with Crippen molar-refractivity contribution in [2.24, 2.45) is 41.4 Å².